The topological polar surface area (TPSA) is 86.2 Å². The number of sulfonamides is 1. The standard InChI is InChI=1S/C10H16N2O2S2/c1-7(2)6-15-9-3-8(11)4-10(5-9)16(12,13)14/h3-5,7H,6,11H2,1-2H3,(H2,12,13,14). The lowest BCUT2D eigenvalue weighted by atomic mass is 10.3. The first kappa shape index (κ1) is 13.3. The van der Waals surface area contributed by atoms with E-state index in [4.69, 9.17) is 10.9 Å². The summed E-state index contributed by atoms with van der Waals surface area (Å²) in [4.78, 5) is 0.900. The molecule has 0 unspecified atom stereocenters. The predicted molar refractivity (Wildman–Crippen MR) is 67.8 cm³/mol. The summed E-state index contributed by atoms with van der Waals surface area (Å²) < 4.78 is 22.4. The van der Waals surface area contributed by atoms with E-state index in [1.54, 1.807) is 23.9 Å². The Hall–Kier alpha value is -0.720. The summed E-state index contributed by atoms with van der Waals surface area (Å²) in [5, 5.41) is 5.06. The van der Waals surface area contributed by atoms with Crippen LogP contribution in [-0.2, 0) is 10.0 Å². The summed E-state index contributed by atoms with van der Waals surface area (Å²) in [7, 11) is -3.68. The van der Waals surface area contributed by atoms with E-state index in [0.717, 1.165) is 10.6 Å². The highest BCUT2D eigenvalue weighted by molar-refractivity contribution is 7.99. The molecule has 0 aromatic heterocycles. The van der Waals surface area contributed by atoms with Gasteiger partial charge in [0.1, 0.15) is 0 Å². The largest absolute Gasteiger partial charge is 0.399 e. The van der Waals surface area contributed by atoms with Crippen molar-refractivity contribution in [3.8, 4) is 0 Å². The van der Waals surface area contributed by atoms with Gasteiger partial charge in [0, 0.05) is 16.3 Å². The molecule has 0 amide bonds. The van der Waals surface area contributed by atoms with Gasteiger partial charge >= 0.3 is 0 Å². The minimum Gasteiger partial charge on any atom is -0.399 e. The number of primary sulfonamides is 1. The van der Waals surface area contributed by atoms with Gasteiger partial charge in [-0.1, -0.05) is 13.8 Å². The second-order valence-electron chi connectivity index (χ2n) is 3.99. The minimum atomic E-state index is -3.68. The molecule has 0 spiro atoms. The van der Waals surface area contributed by atoms with Crippen LogP contribution in [-0.4, -0.2) is 14.2 Å². The lowest BCUT2D eigenvalue weighted by molar-refractivity contribution is 0.597. The Morgan fingerprint density at radius 2 is 1.94 bits per heavy atom. The van der Waals surface area contributed by atoms with Gasteiger partial charge in [-0.3, -0.25) is 0 Å². The monoisotopic (exact) mass is 260 g/mol. The Kier molecular flexibility index (Phi) is 4.23. The number of rotatable bonds is 4. The van der Waals surface area contributed by atoms with Gasteiger partial charge in [0.05, 0.1) is 4.90 Å². The van der Waals surface area contributed by atoms with Crippen LogP contribution in [0.3, 0.4) is 0 Å². The summed E-state index contributed by atoms with van der Waals surface area (Å²) in [6.45, 7) is 4.19. The SMILES string of the molecule is CC(C)CSc1cc(N)cc(S(N)(=O)=O)c1. The van der Waals surface area contributed by atoms with Crippen LogP contribution in [0.2, 0.25) is 0 Å². The van der Waals surface area contributed by atoms with Crippen molar-refractivity contribution in [1.82, 2.24) is 0 Å². The van der Waals surface area contributed by atoms with Gasteiger partial charge in [-0.15, -0.1) is 11.8 Å². The van der Waals surface area contributed by atoms with Gasteiger partial charge in [0.2, 0.25) is 10.0 Å². The molecule has 0 saturated carbocycles. The smallest absolute Gasteiger partial charge is 0.238 e. The third kappa shape index (κ3) is 4.03. The lowest BCUT2D eigenvalue weighted by Crippen LogP contribution is -2.12. The fourth-order valence-corrected chi connectivity index (χ4v) is 2.73. The summed E-state index contributed by atoms with van der Waals surface area (Å²) >= 11 is 1.57. The van der Waals surface area contributed by atoms with Gasteiger partial charge in [-0.05, 0) is 24.1 Å². The molecule has 1 aromatic rings. The molecule has 0 radical (unpaired) electrons. The molecule has 0 aliphatic carbocycles. The van der Waals surface area contributed by atoms with Crippen LogP contribution in [0, 0.1) is 5.92 Å². The molecule has 90 valence electrons. The van der Waals surface area contributed by atoms with Crippen LogP contribution >= 0.6 is 11.8 Å². The van der Waals surface area contributed by atoms with E-state index in [1.807, 2.05) is 0 Å². The third-order valence-electron chi connectivity index (χ3n) is 1.81. The highest BCUT2D eigenvalue weighted by Crippen LogP contribution is 2.25. The van der Waals surface area contributed by atoms with E-state index in [-0.39, 0.29) is 4.90 Å². The minimum absolute atomic E-state index is 0.0683. The van der Waals surface area contributed by atoms with Crippen molar-refractivity contribution in [2.45, 2.75) is 23.6 Å². The highest BCUT2D eigenvalue weighted by Gasteiger charge is 2.10. The molecule has 0 bridgehead atoms. The van der Waals surface area contributed by atoms with Crippen molar-refractivity contribution in [2.24, 2.45) is 11.1 Å². The highest BCUT2D eigenvalue weighted by atomic mass is 32.2. The molecule has 16 heavy (non-hydrogen) atoms. The normalized spacial score (nSPS) is 12.0. The van der Waals surface area contributed by atoms with E-state index in [9.17, 15) is 8.42 Å². The number of nitrogens with two attached hydrogens (primary N) is 2. The Morgan fingerprint density at radius 3 is 2.44 bits per heavy atom. The average Bonchev–Trinajstić information content (AvgIpc) is 2.12. The van der Waals surface area contributed by atoms with Crippen LogP contribution in [0.4, 0.5) is 5.69 Å². The number of nitrogen functional groups attached to an aromatic ring is 1. The molecule has 0 fully saturated rings. The molecule has 0 heterocycles. The molecule has 0 atom stereocenters. The predicted octanol–water partition coefficient (Wildman–Crippen LogP) is 1.66. The number of benzene rings is 1. The van der Waals surface area contributed by atoms with Gasteiger partial charge in [-0.2, -0.15) is 0 Å². The molecule has 4 nitrogen and oxygen atoms in total. The Bertz CT molecular complexity index is 470. The Morgan fingerprint density at radius 1 is 1.31 bits per heavy atom. The maximum Gasteiger partial charge on any atom is 0.238 e. The Labute approximate surface area is 100 Å². The second kappa shape index (κ2) is 5.07. The van der Waals surface area contributed by atoms with Crippen LogP contribution in [0.5, 0.6) is 0 Å². The molecule has 0 aliphatic heterocycles. The zero-order valence-electron chi connectivity index (χ0n) is 9.30. The average molecular weight is 260 g/mol. The summed E-state index contributed by atoms with van der Waals surface area (Å²) in [5.41, 5.74) is 6.04. The molecule has 0 aliphatic rings. The van der Waals surface area contributed by atoms with Crippen molar-refractivity contribution >= 4 is 27.5 Å². The molecule has 1 aromatic carbocycles. The maximum atomic E-state index is 11.2. The van der Waals surface area contributed by atoms with Crippen LogP contribution in [0.25, 0.3) is 0 Å². The van der Waals surface area contributed by atoms with Crippen molar-refractivity contribution in [3.63, 3.8) is 0 Å². The van der Waals surface area contributed by atoms with E-state index < -0.39 is 10.0 Å². The summed E-state index contributed by atoms with van der Waals surface area (Å²) in [5.74, 6) is 1.44. The van der Waals surface area contributed by atoms with E-state index in [2.05, 4.69) is 13.8 Å². The number of thioether (sulfide) groups is 1. The first-order valence-electron chi connectivity index (χ1n) is 4.85. The summed E-state index contributed by atoms with van der Waals surface area (Å²) in [6.07, 6.45) is 0. The second-order valence-corrected chi connectivity index (χ2v) is 6.64. The van der Waals surface area contributed by atoms with Crippen molar-refractivity contribution in [2.75, 3.05) is 11.5 Å². The van der Waals surface area contributed by atoms with Crippen molar-refractivity contribution < 1.29 is 8.42 Å². The molecule has 4 N–H and O–H groups in total. The quantitative estimate of drug-likeness (QED) is 0.637. The van der Waals surface area contributed by atoms with Crippen molar-refractivity contribution in [1.29, 1.82) is 0 Å². The number of anilines is 1. The van der Waals surface area contributed by atoms with Gasteiger partial charge in [-0.25, -0.2) is 13.6 Å². The van der Waals surface area contributed by atoms with Crippen LogP contribution < -0.4 is 10.9 Å². The molecule has 6 heteroatoms. The molecule has 1 rings (SSSR count). The van der Waals surface area contributed by atoms with Crippen LogP contribution in [0.15, 0.2) is 28.0 Å². The van der Waals surface area contributed by atoms with E-state index in [1.165, 1.54) is 6.07 Å². The zero-order valence-corrected chi connectivity index (χ0v) is 10.9. The van der Waals surface area contributed by atoms with Gasteiger partial charge < -0.3 is 5.73 Å². The Balaban J connectivity index is 3.00. The van der Waals surface area contributed by atoms with Crippen molar-refractivity contribution in [3.05, 3.63) is 18.2 Å². The fourth-order valence-electron chi connectivity index (χ4n) is 1.10. The fraction of sp³-hybridized carbons (Fsp3) is 0.400. The number of hydrogen-bond acceptors (Lipinski definition) is 4. The van der Waals surface area contributed by atoms with Gasteiger partial charge in [0.15, 0.2) is 0 Å². The molecular formula is C10H16N2O2S2. The first-order chi connectivity index (χ1) is 7.29. The van der Waals surface area contributed by atoms with Gasteiger partial charge in [0.25, 0.3) is 0 Å². The molecular weight excluding hydrogens is 244 g/mol. The lowest BCUT2D eigenvalue weighted by Gasteiger charge is -2.07. The van der Waals surface area contributed by atoms with E-state index in [0.29, 0.717) is 11.6 Å². The maximum absolute atomic E-state index is 11.2. The zero-order chi connectivity index (χ0) is 12.3. The van der Waals surface area contributed by atoms with Crippen LogP contribution in [0.1, 0.15) is 13.8 Å². The third-order valence-corrected chi connectivity index (χ3v) is 4.11. The number of hydrogen-bond donors (Lipinski definition) is 2. The van der Waals surface area contributed by atoms with E-state index >= 15 is 0 Å². The summed E-state index contributed by atoms with van der Waals surface area (Å²) in [6, 6.07) is 4.68. The first-order valence-corrected chi connectivity index (χ1v) is 7.38. The molecule has 0 saturated heterocycles.